The molecular weight excluding hydrogens is 252 g/mol. The van der Waals surface area contributed by atoms with Crippen molar-refractivity contribution in [2.75, 3.05) is 5.32 Å². The van der Waals surface area contributed by atoms with Gasteiger partial charge in [-0.1, -0.05) is 18.2 Å². The van der Waals surface area contributed by atoms with Crippen LogP contribution < -0.4 is 5.32 Å². The molecule has 0 atom stereocenters. The molecule has 19 heavy (non-hydrogen) atoms. The SMILES string of the molecule is O=C(Cc1ccccc1O)Nc1ccc(F)cc1F. The van der Waals surface area contributed by atoms with E-state index in [0.717, 1.165) is 12.1 Å². The van der Waals surface area contributed by atoms with Crippen molar-refractivity contribution in [2.45, 2.75) is 6.42 Å². The maximum atomic E-state index is 13.3. The van der Waals surface area contributed by atoms with Gasteiger partial charge >= 0.3 is 0 Å². The molecule has 2 rings (SSSR count). The standard InChI is InChI=1S/C14H11F2NO2/c15-10-5-6-12(11(16)8-10)17-14(19)7-9-3-1-2-4-13(9)18/h1-6,8,18H,7H2,(H,17,19). The van der Waals surface area contributed by atoms with Crippen molar-refractivity contribution in [3.63, 3.8) is 0 Å². The molecule has 0 aliphatic heterocycles. The van der Waals surface area contributed by atoms with Crippen LogP contribution in [0.4, 0.5) is 14.5 Å². The predicted octanol–water partition coefficient (Wildman–Crippen LogP) is 2.85. The Bertz CT molecular complexity index is 614. The van der Waals surface area contributed by atoms with Crippen molar-refractivity contribution in [3.8, 4) is 5.75 Å². The molecule has 0 saturated heterocycles. The first-order chi connectivity index (χ1) is 9.06. The lowest BCUT2D eigenvalue weighted by Crippen LogP contribution is -2.15. The second-order valence-electron chi connectivity index (χ2n) is 3.98. The minimum absolute atomic E-state index is 0.00257. The molecular formula is C14H11F2NO2. The summed E-state index contributed by atoms with van der Waals surface area (Å²) in [6.07, 6.45) is -0.0938. The number of benzene rings is 2. The highest BCUT2D eigenvalue weighted by Gasteiger charge is 2.10. The van der Waals surface area contributed by atoms with Crippen LogP contribution in [0.3, 0.4) is 0 Å². The number of rotatable bonds is 3. The highest BCUT2D eigenvalue weighted by atomic mass is 19.1. The van der Waals surface area contributed by atoms with Crippen LogP contribution in [0, 0.1) is 11.6 Å². The average molecular weight is 263 g/mol. The molecule has 98 valence electrons. The number of amides is 1. The first-order valence-electron chi connectivity index (χ1n) is 5.58. The van der Waals surface area contributed by atoms with E-state index < -0.39 is 17.5 Å². The Kier molecular flexibility index (Phi) is 3.75. The van der Waals surface area contributed by atoms with E-state index in [0.29, 0.717) is 11.6 Å². The van der Waals surface area contributed by atoms with Gasteiger partial charge in [0.15, 0.2) is 0 Å². The number of halogens is 2. The van der Waals surface area contributed by atoms with Crippen molar-refractivity contribution in [1.29, 1.82) is 0 Å². The van der Waals surface area contributed by atoms with Gasteiger partial charge in [-0.25, -0.2) is 8.78 Å². The molecule has 0 heterocycles. The molecule has 2 aromatic rings. The molecule has 0 radical (unpaired) electrons. The second kappa shape index (κ2) is 5.48. The normalized spacial score (nSPS) is 10.2. The largest absolute Gasteiger partial charge is 0.508 e. The van der Waals surface area contributed by atoms with E-state index in [9.17, 15) is 18.7 Å². The van der Waals surface area contributed by atoms with E-state index in [1.54, 1.807) is 18.2 Å². The highest BCUT2D eigenvalue weighted by Crippen LogP contribution is 2.18. The van der Waals surface area contributed by atoms with E-state index in [4.69, 9.17) is 0 Å². The number of carbonyl (C=O) groups excluding carboxylic acids is 1. The first kappa shape index (κ1) is 13.0. The molecule has 3 nitrogen and oxygen atoms in total. The number of anilines is 1. The Morgan fingerprint density at radius 2 is 1.89 bits per heavy atom. The summed E-state index contributed by atoms with van der Waals surface area (Å²) in [7, 11) is 0. The lowest BCUT2D eigenvalue weighted by Gasteiger charge is -2.07. The van der Waals surface area contributed by atoms with Gasteiger partial charge in [0.1, 0.15) is 17.4 Å². The lowest BCUT2D eigenvalue weighted by atomic mass is 10.1. The molecule has 0 unspecified atom stereocenters. The fourth-order valence-corrected chi connectivity index (χ4v) is 1.62. The van der Waals surface area contributed by atoms with Gasteiger partial charge < -0.3 is 10.4 Å². The molecule has 0 bridgehead atoms. The second-order valence-corrected chi connectivity index (χ2v) is 3.98. The Morgan fingerprint density at radius 1 is 1.16 bits per heavy atom. The number of hydrogen-bond acceptors (Lipinski definition) is 2. The van der Waals surface area contributed by atoms with Crippen molar-refractivity contribution in [2.24, 2.45) is 0 Å². The number of aromatic hydroxyl groups is 1. The number of carbonyl (C=O) groups is 1. The van der Waals surface area contributed by atoms with Gasteiger partial charge in [0.2, 0.25) is 5.91 Å². The molecule has 0 fully saturated rings. The smallest absolute Gasteiger partial charge is 0.229 e. The molecule has 0 aromatic heterocycles. The molecule has 0 aliphatic carbocycles. The predicted molar refractivity (Wildman–Crippen MR) is 66.8 cm³/mol. The van der Waals surface area contributed by atoms with Gasteiger partial charge in [-0.15, -0.1) is 0 Å². The van der Waals surface area contributed by atoms with E-state index >= 15 is 0 Å². The summed E-state index contributed by atoms with van der Waals surface area (Å²) in [5.41, 5.74) is 0.337. The quantitative estimate of drug-likeness (QED) is 0.894. The summed E-state index contributed by atoms with van der Waals surface area (Å²) in [6.45, 7) is 0. The van der Waals surface area contributed by atoms with E-state index in [2.05, 4.69) is 5.32 Å². The van der Waals surface area contributed by atoms with Crippen molar-refractivity contribution in [3.05, 3.63) is 59.7 Å². The van der Waals surface area contributed by atoms with Crippen LogP contribution in [-0.4, -0.2) is 11.0 Å². The van der Waals surface area contributed by atoms with Gasteiger partial charge in [-0.3, -0.25) is 4.79 Å². The number of para-hydroxylation sites is 1. The Morgan fingerprint density at radius 3 is 2.58 bits per heavy atom. The monoisotopic (exact) mass is 263 g/mol. The van der Waals surface area contributed by atoms with Crippen molar-refractivity contribution < 1.29 is 18.7 Å². The number of phenolic OH excluding ortho intramolecular Hbond substituents is 1. The summed E-state index contributed by atoms with van der Waals surface area (Å²) in [4.78, 5) is 11.7. The van der Waals surface area contributed by atoms with E-state index in [1.807, 2.05) is 0 Å². The summed E-state index contributed by atoms with van der Waals surface area (Å²) in [6, 6.07) is 9.26. The summed E-state index contributed by atoms with van der Waals surface area (Å²) in [5, 5.41) is 11.8. The van der Waals surface area contributed by atoms with Crippen LogP contribution in [0.15, 0.2) is 42.5 Å². The Labute approximate surface area is 108 Å². The van der Waals surface area contributed by atoms with Gasteiger partial charge in [-0.2, -0.15) is 0 Å². The number of phenols is 1. The topological polar surface area (TPSA) is 49.3 Å². The molecule has 1 amide bonds. The molecule has 2 aromatic carbocycles. The van der Waals surface area contributed by atoms with Crippen molar-refractivity contribution in [1.82, 2.24) is 0 Å². The van der Waals surface area contributed by atoms with Gasteiger partial charge in [0.05, 0.1) is 12.1 Å². The fourth-order valence-electron chi connectivity index (χ4n) is 1.62. The molecule has 0 saturated carbocycles. The minimum Gasteiger partial charge on any atom is -0.508 e. The van der Waals surface area contributed by atoms with E-state index in [1.165, 1.54) is 6.07 Å². The summed E-state index contributed by atoms with van der Waals surface area (Å²) < 4.78 is 26.0. The first-order valence-corrected chi connectivity index (χ1v) is 5.58. The molecule has 2 N–H and O–H groups in total. The van der Waals surface area contributed by atoms with Crippen LogP contribution in [0.2, 0.25) is 0 Å². The molecule has 5 heteroatoms. The van der Waals surface area contributed by atoms with Gasteiger partial charge in [0, 0.05) is 11.6 Å². The highest BCUT2D eigenvalue weighted by molar-refractivity contribution is 5.92. The summed E-state index contributed by atoms with van der Waals surface area (Å²) >= 11 is 0. The zero-order valence-electron chi connectivity index (χ0n) is 9.86. The van der Waals surface area contributed by atoms with E-state index in [-0.39, 0.29) is 17.9 Å². The Balaban J connectivity index is 2.08. The molecule has 0 aliphatic rings. The van der Waals surface area contributed by atoms with Crippen molar-refractivity contribution >= 4 is 11.6 Å². The lowest BCUT2D eigenvalue weighted by molar-refractivity contribution is -0.115. The zero-order chi connectivity index (χ0) is 13.8. The van der Waals surface area contributed by atoms with Crippen LogP contribution in [0.5, 0.6) is 5.75 Å². The van der Waals surface area contributed by atoms with Gasteiger partial charge in [0.25, 0.3) is 0 Å². The number of nitrogens with one attached hydrogen (secondary N) is 1. The maximum Gasteiger partial charge on any atom is 0.229 e. The third kappa shape index (κ3) is 3.28. The van der Waals surface area contributed by atoms with Crippen LogP contribution >= 0.6 is 0 Å². The Hall–Kier alpha value is -2.43. The molecule has 0 spiro atoms. The van der Waals surface area contributed by atoms with Gasteiger partial charge in [-0.05, 0) is 18.2 Å². The maximum absolute atomic E-state index is 13.3. The number of hydrogen-bond donors (Lipinski definition) is 2. The minimum atomic E-state index is -0.842. The average Bonchev–Trinajstić information content (AvgIpc) is 2.36. The third-order valence-corrected chi connectivity index (χ3v) is 2.55. The third-order valence-electron chi connectivity index (χ3n) is 2.55. The van der Waals surface area contributed by atoms with Crippen LogP contribution in [-0.2, 0) is 11.2 Å². The zero-order valence-corrected chi connectivity index (χ0v) is 9.86. The van der Waals surface area contributed by atoms with Crippen LogP contribution in [0.25, 0.3) is 0 Å². The summed E-state index contributed by atoms with van der Waals surface area (Å²) in [5.74, 6) is -2.05. The fraction of sp³-hybridized carbons (Fsp3) is 0.0714. The van der Waals surface area contributed by atoms with Crippen LogP contribution in [0.1, 0.15) is 5.56 Å².